The van der Waals surface area contributed by atoms with Crippen molar-refractivity contribution in [3.8, 4) is 11.5 Å². The van der Waals surface area contributed by atoms with E-state index in [-0.39, 0.29) is 18.6 Å². The first-order chi connectivity index (χ1) is 12.2. The molecule has 1 unspecified atom stereocenters. The third-order valence-electron chi connectivity index (χ3n) is 4.85. The van der Waals surface area contributed by atoms with E-state index in [0.29, 0.717) is 6.42 Å². The average molecular weight is 396 g/mol. The minimum Gasteiger partial charge on any atom is -0.454 e. The van der Waals surface area contributed by atoms with Crippen LogP contribution in [0, 0.1) is 0 Å². The van der Waals surface area contributed by atoms with Crippen molar-refractivity contribution in [3.05, 3.63) is 64.1 Å². The summed E-state index contributed by atoms with van der Waals surface area (Å²) in [6.07, 6.45) is 0.402. The largest absolute Gasteiger partial charge is 0.454 e. The van der Waals surface area contributed by atoms with Crippen molar-refractivity contribution in [2.24, 2.45) is 0 Å². The van der Waals surface area contributed by atoms with E-state index in [1.54, 1.807) is 0 Å². The maximum absolute atomic E-state index is 12.3. The number of carbonyl (C=O) groups excluding carboxylic acids is 1. The van der Waals surface area contributed by atoms with Crippen LogP contribution in [-0.4, -0.2) is 12.7 Å². The highest BCUT2D eigenvalue weighted by molar-refractivity contribution is 9.10. The van der Waals surface area contributed by atoms with Crippen molar-refractivity contribution in [2.75, 3.05) is 12.1 Å². The fraction of sp³-hybridized carbons (Fsp3) is 0.150. The second-order valence-corrected chi connectivity index (χ2v) is 7.13. The lowest BCUT2D eigenvalue weighted by Crippen LogP contribution is -2.24. The molecule has 2 aliphatic heterocycles. The third-order valence-corrected chi connectivity index (χ3v) is 5.54. The van der Waals surface area contributed by atoms with Gasteiger partial charge in [-0.3, -0.25) is 4.79 Å². The number of amides is 1. The van der Waals surface area contributed by atoms with E-state index < -0.39 is 0 Å². The van der Waals surface area contributed by atoms with Gasteiger partial charge >= 0.3 is 0 Å². The van der Waals surface area contributed by atoms with Gasteiger partial charge in [0.05, 0.1) is 0 Å². The molecule has 3 aromatic carbocycles. The van der Waals surface area contributed by atoms with E-state index >= 15 is 0 Å². The molecule has 25 heavy (non-hydrogen) atoms. The second-order valence-electron chi connectivity index (χ2n) is 6.28. The molecule has 1 amide bonds. The van der Waals surface area contributed by atoms with E-state index in [1.165, 1.54) is 5.39 Å². The van der Waals surface area contributed by atoms with Crippen LogP contribution in [0.5, 0.6) is 11.5 Å². The van der Waals surface area contributed by atoms with Gasteiger partial charge in [-0.2, -0.15) is 0 Å². The zero-order chi connectivity index (χ0) is 17.0. The number of nitrogens with one attached hydrogen (secondary N) is 1. The number of hydrogen-bond donors (Lipinski definition) is 1. The van der Waals surface area contributed by atoms with E-state index in [9.17, 15) is 4.79 Å². The smallest absolute Gasteiger partial charge is 0.231 e. The van der Waals surface area contributed by atoms with Crippen molar-refractivity contribution in [3.63, 3.8) is 0 Å². The molecule has 0 aliphatic carbocycles. The monoisotopic (exact) mass is 395 g/mol. The topological polar surface area (TPSA) is 47.6 Å². The summed E-state index contributed by atoms with van der Waals surface area (Å²) in [5.74, 6) is 1.44. The Kier molecular flexibility index (Phi) is 3.25. The zero-order valence-electron chi connectivity index (χ0n) is 13.2. The Balaban J connectivity index is 1.76. The fourth-order valence-corrected chi connectivity index (χ4v) is 4.33. The summed E-state index contributed by atoms with van der Waals surface area (Å²) < 4.78 is 11.9. The predicted molar refractivity (Wildman–Crippen MR) is 99.3 cm³/mol. The van der Waals surface area contributed by atoms with E-state index in [0.717, 1.165) is 38.2 Å². The summed E-state index contributed by atoms with van der Waals surface area (Å²) >= 11 is 3.65. The lowest BCUT2D eigenvalue weighted by molar-refractivity contribution is -0.116. The summed E-state index contributed by atoms with van der Waals surface area (Å²) in [4.78, 5) is 12.3. The van der Waals surface area contributed by atoms with Gasteiger partial charge in [-0.05, 0) is 40.1 Å². The molecule has 0 bridgehead atoms. The predicted octanol–water partition coefficient (Wildman–Crippen LogP) is 4.81. The summed E-state index contributed by atoms with van der Waals surface area (Å²) in [6.45, 7) is 0.232. The molecule has 0 radical (unpaired) electrons. The van der Waals surface area contributed by atoms with E-state index in [1.807, 2.05) is 36.4 Å². The van der Waals surface area contributed by atoms with Crippen LogP contribution in [0.1, 0.15) is 23.5 Å². The third kappa shape index (κ3) is 2.30. The number of benzene rings is 3. The van der Waals surface area contributed by atoms with E-state index in [4.69, 9.17) is 9.47 Å². The van der Waals surface area contributed by atoms with Gasteiger partial charge in [0.2, 0.25) is 12.7 Å². The highest BCUT2D eigenvalue weighted by atomic mass is 79.9. The lowest BCUT2D eigenvalue weighted by Gasteiger charge is -2.28. The number of rotatable bonds is 1. The molecule has 0 saturated heterocycles. The van der Waals surface area contributed by atoms with Gasteiger partial charge < -0.3 is 14.8 Å². The number of anilines is 1. The maximum Gasteiger partial charge on any atom is 0.231 e. The Hall–Kier alpha value is -2.53. The molecule has 5 rings (SSSR count). The summed E-state index contributed by atoms with van der Waals surface area (Å²) in [5, 5.41) is 5.34. The Morgan fingerprint density at radius 1 is 1.04 bits per heavy atom. The van der Waals surface area contributed by atoms with Gasteiger partial charge in [-0.25, -0.2) is 0 Å². The van der Waals surface area contributed by atoms with Crippen LogP contribution in [0.3, 0.4) is 0 Å². The molecule has 2 aliphatic rings. The molecule has 0 fully saturated rings. The molecule has 1 N–H and O–H groups in total. The SMILES string of the molecule is O=C1CC(c2cc3c(cc2Br)OCO3)c2c(ccc3ccccc23)N1. The van der Waals surface area contributed by atoms with Crippen molar-refractivity contribution >= 4 is 38.3 Å². The van der Waals surface area contributed by atoms with Crippen LogP contribution in [0.15, 0.2) is 53.0 Å². The second kappa shape index (κ2) is 5.49. The van der Waals surface area contributed by atoms with Gasteiger partial charge in [0.25, 0.3) is 0 Å². The van der Waals surface area contributed by atoms with Gasteiger partial charge in [0, 0.05) is 22.5 Å². The first-order valence-corrected chi connectivity index (χ1v) is 8.90. The lowest BCUT2D eigenvalue weighted by atomic mass is 9.82. The molecule has 1 atom stereocenters. The fourth-order valence-electron chi connectivity index (χ4n) is 3.73. The minimum absolute atomic E-state index is 0.0253. The quantitative estimate of drug-likeness (QED) is 0.643. The summed E-state index contributed by atoms with van der Waals surface area (Å²) in [5.41, 5.74) is 3.07. The molecule has 0 spiro atoms. The molecule has 4 nitrogen and oxygen atoms in total. The van der Waals surface area contributed by atoms with Crippen LogP contribution in [0.25, 0.3) is 10.8 Å². The standard InChI is InChI=1S/C20H14BrNO3/c21-15-9-18-17(24-10-25-18)7-13(15)14-8-19(23)22-16-6-5-11-3-1-2-4-12(11)20(14)16/h1-7,9,14H,8,10H2,(H,22,23). The van der Waals surface area contributed by atoms with Crippen LogP contribution in [0.2, 0.25) is 0 Å². The Morgan fingerprint density at radius 2 is 1.84 bits per heavy atom. The number of halogens is 1. The van der Waals surface area contributed by atoms with Crippen LogP contribution >= 0.6 is 15.9 Å². The first-order valence-electron chi connectivity index (χ1n) is 8.11. The van der Waals surface area contributed by atoms with Crippen LogP contribution < -0.4 is 14.8 Å². The molecule has 0 aromatic heterocycles. The summed E-state index contributed by atoms with van der Waals surface area (Å²) in [6, 6.07) is 16.2. The molecular weight excluding hydrogens is 382 g/mol. The van der Waals surface area contributed by atoms with Gasteiger partial charge in [-0.1, -0.05) is 46.3 Å². The molecular formula is C20H14BrNO3. The molecule has 5 heteroatoms. The maximum atomic E-state index is 12.3. The van der Waals surface area contributed by atoms with Crippen molar-refractivity contribution in [2.45, 2.75) is 12.3 Å². The van der Waals surface area contributed by atoms with Gasteiger partial charge in [0.1, 0.15) is 0 Å². The number of ether oxygens (including phenoxy) is 2. The number of fused-ring (bicyclic) bond motifs is 4. The van der Waals surface area contributed by atoms with Crippen LogP contribution in [-0.2, 0) is 4.79 Å². The minimum atomic E-state index is -0.0428. The Morgan fingerprint density at radius 3 is 2.72 bits per heavy atom. The normalized spacial score (nSPS) is 18.1. The van der Waals surface area contributed by atoms with Crippen LogP contribution in [0.4, 0.5) is 5.69 Å². The van der Waals surface area contributed by atoms with Gasteiger partial charge in [0.15, 0.2) is 11.5 Å². The average Bonchev–Trinajstić information content (AvgIpc) is 3.07. The van der Waals surface area contributed by atoms with E-state index in [2.05, 4.69) is 33.4 Å². The molecule has 2 heterocycles. The Labute approximate surface area is 152 Å². The Bertz CT molecular complexity index is 1030. The highest BCUT2D eigenvalue weighted by Gasteiger charge is 2.31. The highest BCUT2D eigenvalue weighted by Crippen LogP contribution is 2.47. The molecule has 124 valence electrons. The zero-order valence-corrected chi connectivity index (χ0v) is 14.8. The summed E-state index contributed by atoms with van der Waals surface area (Å²) in [7, 11) is 0. The molecule has 0 saturated carbocycles. The van der Waals surface area contributed by atoms with Gasteiger partial charge in [-0.15, -0.1) is 0 Å². The first kappa shape index (κ1) is 14.8. The molecule has 3 aromatic rings. The van der Waals surface area contributed by atoms with Crippen molar-refractivity contribution < 1.29 is 14.3 Å². The van der Waals surface area contributed by atoms with Crippen molar-refractivity contribution in [1.29, 1.82) is 0 Å². The number of hydrogen-bond acceptors (Lipinski definition) is 3. The van der Waals surface area contributed by atoms with Crippen molar-refractivity contribution in [1.82, 2.24) is 0 Å². The number of carbonyl (C=O) groups is 1.